The van der Waals surface area contributed by atoms with Gasteiger partial charge in [-0.05, 0) is 61.5 Å². The molecule has 4 aliphatic rings. The highest BCUT2D eigenvalue weighted by atomic mass is 32.2. The van der Waals surface area contributed by atoms with Crippen molar-refractivity contribution < 1.29 is 51.0 Å². The second-order valence-corrected chi connectivity index (χ2v) is 18.6. The number of carbonyl (C=O) groups is 4. The molecule has 0 radical (unpaired) electrons. The second-order valence-electron chi connectivity index (χ2n) is 16.8. The second kappa shape index (κ2) is 16.7. The van der Waals surface area contributed by atoms with Crippen LogP contribution < -0.4 is 29.6 Å². The number of carbonyl (C=O) groups excluding carboxylic acids is 4. The van der Waals surface area contributed by atoms with Crippen LogP contribution in [0.25, 0.3) is 10.9 Å². The number of amides is 4. The van der Waals surface area contributed by atoms with Gasteiger partial charge in [-0.2, -0.15) is 0 Å². The molecule has 2 saturated carbocycles. The maximum Gasteiger partial charge on any atom is 0.407 e. The lowest BCUT2D eigenvalue weighted by Crippen LogP contribution is -2.59. The van der Waals surface area contributed by atoms with Crippen LogP contribution in [0.3, 0.4) is 0 Å². The molecule has 318 valence electrons. The van der Waals surface area contributed by atoms with Crippen molar-refractivity contribution in [1.29, 1.82) is 0 Å². The number of alkyl carbamates (subject to hydrolysis) is 1. The van der Waals surface area contributed by atoms with Crippen LogP contribution >= 0.6 is 0 Å². The van der Waals surface area contributed by atoms with Crippen molar-refractivity contribution in [1.82, 2.24) is 30.2 Å². The summed E-state index contributed by atoms with van der Waals surface area (Å²) in [6.45, 7) is 7.83. The Morgan fingerprint density at radius 3 is 2.61 bits per heavy atom. The summed E-state index contributed by atoms with van der Waals surface area (Å²) in [5, 5.41) is 6.30. The number of oxazole rings is 1. The van der Waals surface area contributed by atoms with Gasteiger partial charge in [0, 0.05) is 29.9 Å². The van der Waals surface area contributed by atoms with Crippen molar-refractivity contribution in [3.8, 4) is 17.4 Å². The number of hydrogen-bond acceptors (Lipinski definition) is 13. The maximum atomic E-state index is 14.8. The van der Waals surface area contributed by atoms with Gasteiger partial charge in [-0.15, -0.1) is 6.58 Å². The van der Waals surface area contributed by atoms with E-state index < -0.39 is 68.9 Å². The molecule has 2 aliphatic carbocycles. The fraction of sp³-hybridized carbons (Fsp3) is 0.561. The molecule has 2 aliphatic heterocycles. The van der Waals surface area contributed by atoms with Crippen molar-refractivity contribution in [2.45, 2.75) is 102 Å². The van der Waals surface area contributed by atoms with Gasteiger partial charge < -0.3 is 38.9 Å². The number of nitrogens with zero attached hydrogens (tertiary/aromatic N) is 3. The predicted octanol–water partition coefficient (Wildman–Crippen LogP) is 3.94. The molecule has 1 aromatic carbocycles. The SMILES string of the molecule is C=C[C@H]1C[C@]1(NC(=O)[C@@H]1C[C@@H]2CN1C(=O)[C@H](C1CCCC1)NC(=O)OCC(C)(C)CCCc1cc3c(cc(OCc4ncco4)nc3cc1OC)O2)C(=O)NS(C)(=O)=O. The highest BCUT2D eigenvalue weighted by Crippen LogP contribution is 2.45. The van der Waals surface area contributed by atoms with Gasteiger partial charge in [-0.25, -0.2) is 23.2 Å². The summed E-state index contributed by atoms with van der Waals surface area (Å²) in [5.41, 5.74) is -0.579. The monoisotopic (exact) mass is 836 g/mol. The van der Waals surface area contributed by atoms with Gasteiger partial charge in [0.2, 0.25) is 33.6 Å². The maximum absolute atomic E-state index is 14.8. The van der Waals surface area contributed by atoms with E-state index in [0.29, 0.717) is 54.0 Å². The lowest BCUT2D eigenvalue weighted by atomic mass is 9.87. The fourth-order valence-electron chi connectivity index (χ4n) is 8.52. The zero-order valence-electron chi connectivity index (χ0n) is 33.8. The van der Waals surface area contributed by atoms with E-state index in [1.165, 1.54) is 23.4 Å². The molecule has 0 spiro atoms. The summed E-state index contributed by atoms with van der Waals surface area (Å²) in [4.78, 5) is 66.4. The third kappa shape index (κ3) is 9.42. The van der Waals surface area contributed by atoms with Crippen molar-refractivity contribution >= 4 is 44.7 Å². The van der Waals surface area contributed by atoms with Crippen LogP contribution in [-0.4, -0.2) is 97.3 Å². The standard InChI is InChI=1S/C41H52N6O11S/c1-6-26-20-41(26,38(50)46-59(5,52)53)45-36(48)30-17-27-21-47(30)37(49)35(24-10-7-8-11-24)44-39(51)57-23-40(2,3)13-9-12-25-16-28-29(18-31(25)54-4)43-33(19-32(28)58-27)56-22-34-42-14-15-55-34/h6,14-16,18-19,24,26-27,30,35H,1,7-13,17,20-23H2,2-5H3,(H,44,51)(H,45,48)(H,46,50)/t26-,27+,30-,35-,41+/m0/s1. The number of aromatic nitrogens is 2. The Balaban J connectivity index is 1.28. The largest absolute Gasteiger partial charge is 0.496 e. The molecule has 2 aromatic heterocycles. The summed E-state index contributed by atoms with van der Waals surface area (Å²) >= 11 is 0. The molecule has 3 N–H and O–H groups in total. The lowest BCUT2D eigenvalue weighted by molar-refractivity contribution is -0.142. The van der Waals surface area contributed by atoms with Crippen molar-refractivity contribution in [2.75, 3.05) is 26.5 Å². The third-order valence-electron chi connectivity index (χ3n) is 11.8. The summed E-state index contributed by atoms with van der Waals surface area (Å²) in [6, 6.07) is 3.24. The number of sulfonamides is 1. The number of methoxy groups -OCH3 is 1. The number of ether oxygens (including phenoxy) is 4. The summed E-state index contributed by atoms with van der Waals surface area (Å²) in [6.07, 6.45) is 9.10. The molecule has 7 rings (SSSR count). The Hall–Kier alpha value is -5.39. The summed E-state index contributed by atoms with van der Waals surface area (Å²) in [5.74, 6) is -1.30. The van der Waals surface area contributed by atoms with E-state index in [4.69, 9.17) is 28.3 Å². The molecule has 3 fully saturated rings. The number of cyclic esters (lactones) is 1. The summed E-state index contributed by atoms with van der Waals surface area (Å²) < 4.78 is 55.8. The molecule has 5 atom stereocenters. The van der Waals surface area contributed by atoms with Crippen LogP contribution in [0.15, 0.2) is 47.7 Å². The smallest absolute Gasteiger partial charge is 0.407 e. The Morgan fingerprint density at radius 2 is 1.93 bits per heavy atom. The molecular weight excluding hydrogens is 785 g/mol. The van der Waals surface area contributed by atoms with Gasteiger partial charge in [0.25, 0.3) is 5.91 Å². The van der Waals surface area contributed by atoms with Crippen LogP contribution in [0.2, 0.25) is 0 Å². The van der Waals surface area contributed by atoms with Gasteiger partial charge in [-0.3, -0.25) is 19.1 Å². The Bertz CT molecular complexity index is 2210. The zero-order chi connectivity index (χ0) is 42.1. The first-order chi connectivity index (χ1) is 28.1. The first kappa shape index (κ1) is 41.8. The lowest BCUT2D eigenvalue weighted by Gasteiger charge is -2.32. The van der Waals surface area contributed by atoms with E-state index in [1.54, 1.807) is 13.2 Å². The molecule has 4 amide bonds. The molecule has 3 aromatic rings. The third-order valence-corrected chi connectivity index (χ3v) is 12.3. The minimum absolute atomic E-state index is 0.00450. The number of hydrogen-bond donors (Lipinski definition) is 3. The number of pyridine rings is 1. The van der Waals surface area contributed by atoms with Crippen molar-refractivity contribution in [2.24, 2.45) is 17.3 Å². The predicted molar refractivity (Wildman–Crippen MR) is 213 cm³/mol. The summed E-state index contributed by atoms with van der Waals surface area (Å²) in [7, 11) is -2.38. The van der Waals surface area contributed by atoms with Gasteiger partial charge in [0.15, 0.2) is 6.61 Å². The number of nitrogens with one attached hydrogen (secondary N) is 3. The normalized spacial score (nSPS) is 26.2. The average molecular weight is 837 g/mol. The molecule has 59 heavy (non-hydrogen) atoms. The number of aryl methyl sites for hydroxylation is 1. The minimum Gasteiger partial charge on any atom is -0.496 e. The average Bonchev–Trinajstić information content (AvgIpc) is 3.68. The van der Waals surface area contributed by atoms with Gasteiger partial charge >= 0.3 is 6.09 Å². The zero-order valence-corrected chi connectivity index (χ0v) is 34.6. The molecule has 1 saturated heterocycles. The highest BCUT2D eigenvalue weighted by molar-refractivity contribution is 7.89. The Labute approximate surface area is 343 Å². The molecule has 4 bridgehead atoms. The van der Waals surface area contributed by atoms with Crippen LogP contribution in [0.5, 0.6) is 17.4 Å². The van der Waals surface area contributed by atoms with Crippen LogP contribution in [0.1, 0.15) is 76.7 Å². The van der Waals surface area contributed by atoms with E-state index in [1.807, 2.05) is 30.7 Å². The Morgan fingerprint density at radius 1 is 1.15 bits per heavy atom. The molecule has 0 unspecified atom stereocenters. The molecule has 4 heterocycles. The first-order valence-electron chi connectivity index (χ1n) is 20.0. The first-order valence-corrected chi connectivity index (χ1v) is 21.9. The number of fused-ring (bicyclic) bond motifs is 3. The van der Waals surface area contributed by atoms with E-state index in [9.17, 15) is 27.6 Å². The minimum atomic E-state index is -3.96. The number of benzene rings is 1. The van der Waals surface area contributed by atoms with Gasteiger partial charge in [-0.1, -0.05) is 32.8 Å². The van der Waals surface area contributed by atoms with Crippen LogP contribution in [0, 0.1) is 17.3 Å². The van der Waals surface area contributed by atoms with Gasteiger partial charge in [0.05, 0.1) is 38.2 Å². The quantitative estimate of drug-likeness (QED) is 0.247. The van der Waals surface area contributed by atoms with E-state index in [-0.39, 0.29) is 44.4 Å². The van der Waals surface area contributed by atoms with E-state index >= 15 is 0 Å². The molecule has 17 nitrogen and oxygen atoms in total. The highest BCUT2D eigenvalue weighted by Gasteiger charge is 2.61. The van der Waals surface area contributed by atoms with E-state index in [2.05, 4.69) is 22.2 Å². The number of rotatable bonds is 10. The molecule has 18 heteroatoms. The topological polar surface area (TPSA) is 218 Å². The van der Waals surface area contributed by atoms with Crippen molar-refractivity contribution in [3.05, 3.63) is 54.8 Å². The molecular formula is C41H52N6O11S. The van der Waals surface area contributed by atoms with Crippen LogP contribution in [0.4, 0.5) is 4.79 Å². The van der Waals surface area contributed by atoms with Crippen LogP contribution in [-0.2, 0) is 42.2 Å². The van der Waals surface area contributed by atoms with E-state index in [0.717, 1.165) is 31.1 Å². The Kier molecular flexibility index (Phi) is 11.8. The fourth-order valence-corrected chi connectivity index (χ4v) is 9.04. The van der Waals surface area contributed by atoms with Gasteiger partial charge in [0.1, 0.15) is 41.5 Å². The van der Waals surface area contributed by atoms with Crippen molar-refractivity contribution in [3.63, 3.8) is 0 Å².